The van der Waals surface area contributed by atoms with Crippen LogP contribution in [-0.2, 0) is 11.3 Å². The summed E-state index contributed by atoms with van der Waals surface area (Å²) in [5.41, 5.74) is 1.51. The Balaban J connectivity index is 0.00000261. The number of likely N-dealkylation sites (tertiary alicyclic amines) is 1. The van der Waals surface area contributed by atoms with Gasteiger partial charge in [-0.3, -0.25) is 4.79 Å². The van der Waals surface area contributed by atoms with E-state index in [2.05, 4.69) is 10.6 Å². The molecule has 0 aromatic heterocycles. The van der Waals surface area contributed by atoms with Crippen molar-refractivity contribution in [3.8, 4) is 0 Å². The van der Waals surface area contributed by atoms with Crippen molar-refractivity contribution in [3.63, 3.8) is 0 Å². The van der Waals surface area contributed by atoms with Crippen LogP contribution >= 0.6 is 12.4 Å². The third-order valence-corrected chi connectivity index (χ3v) is 5.73. The summed E-state index contributed by atoms with van der Waals surface area (Å²) in [5.74, 6) is 0.150. The second kappa shape index (κ2) is 9.95. The molecular weight excluding hydrogens is 364 g/mol. The van der Waals surface area contributed by atoms with Crippen molar-refractivity contribution >= 4 is 24.3 Å². The fourth-order valence-electron chi connectivity index (χ4n) is 3.95. The molecule has 0 unspecified atom stereocenters. The second-order valence-corrected chi connectivity index (χ2v) is 7.63. The first-order valence-corrected chi connectivity index (χ1v) is 9.59. The van der Waals surface area contributed by atoms with Crippen LogP contribution in [0.25, 0.3) is 0 Å². The highest BCUT2D eigenvalue weighted by molar-refractivity contribution is 5.85. The maximum Gasteiger partial charge on any atom is 0.317 e. The lowest BCUT2D eigenvalue weighted by Crippen LogP contribution is -2.45. The summed E-state index contributed by atoms with van der Waals surface area (Å²) in [4.78, 5) is 28.1. The van der Waals surface area contributed by atoms with E-state index in [-0.39, 0.29) is 24.3 Å². The van der Waals surface area contributed by atoms with E-state index in [1.165, 1.54) is 6.42 Å². The lowest BCUT2D eigenvalue weighted by molar-refractivity contribution is -0.133. The highest BCUT2D eigenvalue weighted by Crippen LogP contribution is 2.36. The molecule has 2 fully saturated rings. The van der Waals surface area contributed by atoms with Gasteiger partial charge < -0.3 is 20.4 Å². The van der Waals surface area contributed by atoms with E-state index < -0.39 is 0 Å². The summed E-state index contributed by atoms with van der Waals surface area (Å²) in [7, 11) is 1.77. The number of amides is 3. The van der Waals surface area contributed by atoms with Crippen LogP contribution in [0.5, 0.6) is 0 Å². The molecule has 27 heavy (non-hydrogen) atoms. The van der Waals surface area contributed by atoms with Gasteiger partial charge in [-0.1, -0.05) is 30.3 Å². The van der Waals surface area contributed by atoms with Gasteiger partial charge in [-0.2, -0.15) is 0 Å². The number of carbonyl (C=O) groups is 2. The van der Waals surface area contributed by atoms with Crippen LogP contribution < -0.4 is 10.6 Å². The van der Waals surface area contributed by atoms with E-state index in [0.717, 1.165) is 44.6 Å². The van der Waals surface area contributed by atoms with Gasteiger partial charge in [0, 0.05) is 46.2 Å². The summed E-state index contributed by atoms with van der Waals surface area (Å²) in [6.45, 7) is 4.85. The summed E-state index contributed by atoms with van der Waals surface area (Å²) in [6, 6.07) is 9.73. The van der Waals surface area contributed by atoms with E-state index in [0.29, 0.717) is 24.9 Å². The first-order valence-electron chi connectivity index (χ1n) is 9.59. The van der Waals surface area contributed by atoms with E-state index in [9.17, 15) is 9.59 Å². The first-order chi connectivity index (χ1) is 12.6. The van der Waals surface area contributed by atoms with Gasteiger partial charge in [-0.05, 0) is 36.8 Å². The topological polar surface area (TPSA) is 64.7 Å². The zero-order valence-electron chi connectivity index (χ0n) is 16.1. The van der Waals surface area contributed by atoms with Crippen LogP contribution in [0.1, 0.15) is 31.2 Å². The smallest absolute Gasteiger partial charge is 0.317 e. The molecule has 0 saturated carbocycles. The molecule has 3 amide bonds. The van der Waals surface area contributed by atoms with Crippen molar-refractivity contribution in [2.24, 2.45) is 5.41 Å². The summed E-state index contributed by atoms with van der Waals surface area (Å²) < 4.78 is 0. The van der Waals surface area contributed by atoms with Gasteiger partial charge >= 0.3 is 6.03 Å². The largest absolute Gasteiger partial charge is 0.343 e. The molecule has 2 aliphatic heterocycles. The molecule has 2 heterocycles. The molecular formula is C20H31ClN4O2. The average Bonchev–Trinajstić information content (AvgIpc) is 3.11. The standard InChI is InChI=1S/C20H30N4O2.ClH/c1-23(15-17-5-3-2-4-6-17)19(26)22-11-7-18(25)24-13-9-20(10-14-24)8-12-21-16-20;/h2-6,21H,7-16H2,1H3,(H,22,26);1H. The Labute approximate surface area is 168 Å². The molecule has 0 aliphatic carbocycles. The molecule has 1 aromatic rings. The number of halogens is 1. The van der Waals surface area contributed by atoms with Gasteiger partial charge in [-0.15, -0.1) is 12.4 Å². The third kappa shape index (κ3) is 5.84. The zero-order chi connectivity index (χ0) is 18.4. The highest BCUT2D eigenvalue weighted by atomic mass is 35.5. The normalized spacial score (nSPS) is 18.0. The highest BCUT2D eigenvalue weighted by Gasteiger charge is 2.37. The lowest BCUT2D eigenvalue weighted by atomic mass is 9.78. The molecule has 2 aliphatic rings. The molecule has 1 spiro atoms. The van der Waals surface area contributed by atoms with Crippen molar-refractivity contribution < 1.29 is 9.59 Å². The molecule has 7 heteroatoms. The van der Waals surface area contributed by atoms with Gasteiger partial charge in [-0.25, -0.2) is 4.79 Å². The van der Waals surface area contributed by atoms with Crippen LogP contribution in [0.15, 0.2) is 30.3 Å². The maximum absolute atomic E-state index is 12.4. The fourth-order valence-corrected chi connectivity index (χ4v) is 3.95. The molecule has 0 radical (unpaired) electrons. The number of rotatable bonds is 5. The predicted molar refractivity (Wildman–Crippen MR) is 109 cm³/mol. The van der Waals surface area contributed by atoms with Gasteiger partial charge in [0.15, 0.2) is 0 Å². The van der Waals surface area contributed by atoms with E-state index in [1.807, 2.05) is 35.2 Å². The number of nitrogens with zero attached hydrogens (tertiary/aromatic N) is 2. The Morgan fingerprint density at radius 3 is 2.52 bits per heavy atom. The molecule has 1 aromatic carbocycles. The summed E-state index contributed by atoms with van der Waals surface area (Å²) in [6.07, 6.45) is 3.80. The summed E-state index contributed by atoms with van der Waals surface area (Å²) >= 11 is 0. The first kappa shape index (κ1) is 21.5. The minimum absolute atomic E-state index is 0. The van der Waals surface area contributed by atoms with Crippen LogP contribution in [-0.4, -0.2) is 61.5 Å². The number of nitrogens with one attached hydrogen (secondary N) is 2. The van der Waals surface area contributed by atoms with Gasteiger partial charge in [0.2, 0.25) is 5.91 Å². The number of benzene rings is 1. The number of hydrogen-bond donors (Lipinski definition) is 2. The SMILES string of the molecule is CN(Cc1ccccc1)C(=O)NCCC(=O)N1CCC2(CCNC2)CC1.Cl. The Hall–Kier alpha value is -1.79. The van der Waals surface area contributed by atoms with Gasteiger partial charge in [0.05, 0.1) is 0 Å². The van der Waals surface area contributed by atoms with E-state index >= 15 is 0 Å². The molecule has 2 N–H and O–H groups in total. The van der Waals surface area contributed by atoms with Crippen LogP contribution in [0.3, 0.4) is 0 Å². The Morgan fingerprint density at radius 2 is 1.89 bits per heavy atom. The van der Waals surface area contributed by atoms with Crippen molar-refractivity contribution in [2.45, 2.75) is 32.2 Å². The lowest BCUT2D eigenvalue weighted by Gasteiger charge is -2.39. The van der Waals surface area contributed by atoms with Crippen molar-refractivity contribution in [1.29, 1.82) is 0 Å². The Morgan fingerprint density at radius 1 is 1.19 bits per heavy atom. The zero-order valence-corrected chi connectivity index (χ0v) is 16.9. The average molecular weight is 395 g/mol. The van der Waals surface area contributed by atoms with Gasteiger partial charge in [0.25, 0.3) is 0 Å². The maximum atomic E-state index is 12.4. The molecule has 0 atom stereocenters. The van der Waals surface area contributed by atoms with Crippen molar-refractivity contribution in [2.75, 3.05) is 39.8 Å². The molecule has 6 nitrogen and oxygen atoms in total. The minimum Gasteiger partial charge on any atom is -0.343 e. The number of carbonyl (C=O) groups excluding carboxylic acids is 2. The molecule has 150 valence electrons. The minimum atomic E-state index is -0.142. The summed E-state index contributed by atoms with van der Waals surface area (Å²) in [5, 5.41) is 6.30. The molecule has 0 bridgehead atoms. The third-order valence-electron chi connectivity index (χ3n) is 5.73. The predicted octanol–water partition coefficient (Wildman–Crippen LogP) is 2.24. The van der Waals surface area contributed by atoms with Crippen molar-refractivity contribution in [1.82, 2.24) is 20.4 Å². The molecule has 3 rings (SSSR count). The Kier molecular flexibility index (Phi) is 7.92. The quantitative estimate of drug-likeness (QED) is 0.805. The van der Waals surface area contributed by atoms with E-state index in [1.54, 1.807) is 11.9 Å². The Bertz CT molecular complexity index is 610. The fraction of sp³-hybridized carbons (Fsp3) is 0.600. The molecule has 2 saturated heterocycles. The van der Waals surface area contributed by atoms with Crippen LogP contribution in [0.2, 0.25) is 0 Å². The van der Waals surface area contributed by atoms with Crippen LogP contribution in [0.4, 0.5) is 4.79 Å². The van der Waals surface area contributed by atoms with Crippen molar-refractivity contribution in [3.05, 3.63) is 35.9 Å². The number of urea groups is 1. The number of piperidine rings is 1. The van der Waals surface area contributed by atoms with Crippen LogP contribution in [0, 0.1) is 5.41 Å². The second-order valence-electron chi connectivity index (χ2n) is 7.63. The van der Waals surface area contributed by atoms with E-state index in [4.69, 9.17) is 0 Å². The van der Waals surface area contributed by atoms with Gasteiger partial charge in [0.1, 0.15) is 0 Å². The number of hydrogen-bond acceptors (Lipinski definition) is 3. The monoisotopic (exact) mass is 394 g/mol.